The molecule has 0 aliphatic carbocycles. The van der Waals surface area contributed by atoms with E-state index in [4.69, 9.17) is 4.74 Å². The molecule has 20 heavy (non-hydrogen) atoms. The topological polar surface area (TPSA) is 34.5 Å². The smallest absolute Gasteiger partial charge is 0.178 e. The third-order valence-corrected chi connectivity index (χ3v) is 4.49. The molecule has 0 saturated carbocycles. The van der Waals surface area contributed by atoms with Gasteiger partial charge in [-0.3, -0.25) is 9.69 Å². The van der Waals surface area contributed by atoms with Crippen molar-refractivity contribution in [2.45, 2.75) is 52.8 Å². The second kappa shape index (κ2) is 6.10. The van der Waals surface area contributed by atoms with Gasteiger partial charge < -0.3 is 9.30 Å². The number of hydrogen-bond acceptors (Lipinski definition) is 3. The van der Waals surface area contributed by atoms with Crippen molar-refractivity contribution in [1.29, 1.82) is 0 Å². The molecule has 2 unspecified atom stereocenters. The van der Waals surface area contributed by atoms with Crippen molar-refractivity contribution in [2.75, 3.05) is 20.2 Å². The largest absolute Gasteiger partial charge is 0.377 e. The van der Waals surface area contributed by atoms with E-state index in [-0.39, 0.29) is 11.9 Å². The van der Waals surface area contributed by atoms with E-state index in [2.05, 4.69) is 30.2 Å². The van der Waals surface area contributed by atoms with Crippen LogP contribution in [0, 0.1) is 13.8 Å². The van der Waals surface area contributed by atoms with Gasteiger partial charge >= 0.3 is 0 Å². The monoisotopic (exact) mass is 278 g/mol. The number of hydrogen-bond donors (Lipinski definition) is 0. The SMILES string of the molecule is CCn1c(C)cc(C(=O)CN(C)C2CCOC2C)c1C. The van der Waals surface area contributed by atoms with Crippen LogP contribution in [-0.4, -0.2) is 47.6 Å². The summed E-state index contributed by atoms with van der Waals surface area (Å²) in [6, 6.07) is 2.37. The van der Waals surface area contributed by atoms with Crippen LogP contribution in [0.1, 0.15) is 42.0 Å². The van der Waals surface area contributed by atoms with Gasteiger partial charge in [0.1, 0.15) is 0 Å². The summed E-state index contributed by atoms with van der Waals surface area (Å²) < 4.78 is 7.77. The highest BCUT2D eigenvalue weighted by Crippen LogP contribution is 2.20. The van der Waals surface area contributed by atoms with E-state index in [1.807, 2.05) is 20.0 Å². The summed E-state index contributed by atoms with van der Waals surface area (Å²) >= 11 is 0. The van der Waals surface area contributed by atoms with Gasteiger partial charge in [-0.15, -0.1) is 0 Å². The number of carbonyl (C=O) groups is 1. The fourth-order valence-corrected chi connectivity index (χ4v) is 3.30. The van der Waals surface area contributed by atoms with Crippen LogP contribution < -0.4 is 0 Å². The predicted octanol–water partition coefficient (Wildman–Crippen LogP) is 2.42. The van der Waals surface area contributed by atoms with Crippen LogP contribution in [-0.2, 0) is 11.3 Å². The van der Waals surface area contributed by atoms with Crippen molar-refractivity contribution in [1.82, 2.24) is 9.47 Å². The lowest BCUT2D eigenvalue weighted by atomic mass is 10.1. The molecule has 0 amide bonds. The Balaban J connectivity index is 2.08. The highest BCUT2D eigenvalue weighted by atomic mass is 16.5. The summed E-state index contributed by atoms with van der Waals surface area (Å²) in [5, 5.41) is 0. The average Bonchev–Trinajstić information content (AvgIpc) is 2.93. The molecule has 1 aromatic rings. The van der Waals surface area contributed by atoms with Gasteiger partial charge in [0.15, 0.2) is 5.78 Å². The zero-order chi connectivity index (χ0) is 14.9. The number of carbonyl (C=O) groups excluding carboxylic acids is 1. The maximum Gasteiger partial charge on any atom is 0.178 e. The first-order valence-corrected chi connectivity index (χ1v) is 7.47. The summed E-state index contributed by atoms with van der Waals surface area (Å²) in [4.78, 5) is 14.7. The van der Waals surface area contributed by atoms with E-state index in [0.717, 1.165) is 36.5 Å². The molecule has 2 heterocycles. The Hall–Kier alpha value is -1.13. The van der Waals surface area contributed by atoms with E-state index >= 15 is 0 Å². The zero-order valence-corrected chi connectivity index (χ0v) is 13.3. The predicted molar refractivity (Wildman–Crippen MR) is 80.4 cm³/mol. The standard InChI is InChI=1S/C16H26N2O2/c1-6-18-11(2)9-14(12(18)3)16(19)10-17(5)15-7-8-20-13(15)4/h9,13,15H,6-8,10H2,1-5H3. The molecule has 0 bridgehead atoms. The second-order valence-electron chi connectivity index (χ2n) is 5.80. The minimum atomic E-state index is 0.208. The van der Waals surface area contributed by atoms with Crippen molar-refractivity contribution in [3.8, 4) is 0 Å². The number of ether oxygens (including phenoxy) is 1. The zero-order valence-electron chi connectivity index (χ0n) is 13.3. The number of rotatable bonds is 5. The molecule has 0 spiro atoms. The summed E-state index contributed by atoms with van der Waals surface area (Å²) in [6.07, 6.45) is 1.23. The Morgan fingerprint density at radius 3 is 2.70 bits per heavy atom. The van der Waals surface area contributed by atoms with Gasteiger partial charge in [0.25, 0.3) is 0 Å². The van der Waals surface area contributed by atoms with Crippen LogP contribution in [0.4, 0.5) is 0 Å². The van der Waals surface area contributed by atoms with Gasteiger partial charge in [0.05, 0.1) is 12.6 Å². The second-order valence-corrected chi connectivity index (χ2v) is 5.80. The minimum absolute atomic E-state index is 0.208. The van der Waals surface area contributed by atoms with Crippen LogP contribution >= 0.6 is 0 Å². The summed E-state index contributed by atoms with van der Waals surface area (Å²) in [5.41, 5.74) is 3.11. The normalized spacial score (nSPS) is 22.7. The first-order valence-electron chi connectivity index (χ1n) is 7.47. The number of likely N-dealkylation sites (N-methyl/N-ethyl adjacent to an activating group) is 1. The molecule has 4 nitrogen and oxygen atoms in total. The van der Waals surface area contributed by atoms with Crippen LogP contribution in [0.15, 0.2) is 6.07 Å². The molecule has 4 heteroatoms. The number of nitrogens with zero attached hydrogens (tertiary/aromatic N) is 2. The first-order chi connectivity index (χ1) is 9.45. The summed E-state index contributed by atoms with van der Waals surface area (Å²) in [5.74, 6) is 0.208. The van der Waals surface area contributed by atoms with Gasteiger partial charge in [0.2, 0.25) is 0 Å². The molecule has 1 aliphatic rings. The van der Waals surface area contributed by atoms with Crippen molar-refractivity contribution >= 4 is 5.78 Å². The lowest BCUT2D eigenvalue weighted by molar-refractivity contribution is 0.0745. The lowest BCUT2D eigenvalue weighted by Crippen LogP contribution is -2.40. The third kappa shape index (κ3) is 2.81. The number of ketones is 1. The summed E-state index contributed by atoms with van der Waals surface area (Å²) in [7, 11) is 2.02. The van der Waals surface area contributed by atoms with E-state index in [0.29, 0.717) is 12.6 Å². The summed E-state index contributed by atoms with van der Waals surface area (Å²) in [6.45, 7) is 10.5. The molecule has 1 aromatic heterocycles. The van der Waals surface area contributed by atoms with Gasteiger partial charge in [-0.05, 0) is 47.2 Å². The van der Waals surface area contributed by atoms with Crippen LogP contribution in [0.3, 0.4) is 0 Å². The van der Waals surface area contributed by atoms with E-state index < -0.39 is 0 Å². The number of aromatic nitrogens is 1. The van der Waals surface area contributed by atoms with Crippen molar-refractivity contribution < 1.29 is 9.53 Å². The fourth-order valence-electron chi connectivity index (χ4n) is 3.30. The maximum absolute atomic E-state index is 12.5. The van der Waals surface area contributed by atoms with Crippen LogP contribution in [0.5, 0.6) is 0 Å². The quantitative estimate of drug-likeness (QED) is 0.776. The van der Waals surface area contributed by atoms with Crippen molar-refractivity contribution in [3.05, 3.63) is 23.0 Å². The molecule has 1 fully saturated rings. The van der Waals surface area contributed by atoms with Gasteiger partial charge in [-0.25, -0.2) is 0 Å². The molecule has 1 saturated heterocycles. The van der Waals surface area contributed by atoms with Crippen molar-refractivity contribution in [3.63, 3.8) is 0 Å². The molecule has 112 valence electrons. The molecular weight excluding hydrogens is 252 g/mol. The highest BCUT2D eigenvalue weighted by molar-refractivity contribution is 5.99. The Kier molecular flexibility index (Phi) is 4.66. The Bertz CT molecular complexity index is 493. The van der Waals surface area contributed by atoms with Crippen LogP contribution in [0.25, 0.3) is 0 Å². The third-order valence-electron chi connectivity index (χ3n) is 4.49. The number of aryl methyl sites for hydroxylation is 1. The molecular formula is C16H26N2O2. The van der Waals surface area contributed by atoms with Gasteiger partial charge in [-0.1, -0.05) is 0 Å². The Morgan fingerprint density at radius 1 is 1.50 bits per heavy atom. The molecule has 0 N–H and O–H groups in total. The first kappa shape index (κ1) is 15.3. The highest BCUT2D eigenvalue weighted by Gasteiger charge is 2.29. The van der Waals surface area contributed by atoms with Crippen molar-refractivity contribution in [2.24, 2.45) is 0 Å². The number of Topliss-reactive ketones (excluding diaryl/α,β-unsaturated/α-hetero) is 1. The molecule has 1 aliphatic heterocycles. The Labute approximate surface area is 121 Å². The molecule has 0 aromatic carbocycles. The Morgan fingerprint density at radius 2 is 2.20 bits per heavy atom. The molecule has 2 rings (SSSR count). The average molecular weight is 278 g/mol. The fraction of sp³-hybridized carbons (Fsp3) is 0.688. The molecule has 2 atom stereocenters. The van der Waals surface area contributed by atoms with Gasteiger partial charge in [-0.2, -0.15) is 0 Å². The van der Waals surface area contributed by atoms with E-state index in [1.54, 1.807) is 0 Å². The van der Waals surface area contributed by atoms with E-state index in [9.17, 15) is 4.79 Å². The van der Waals surface area contributed by atoms with E-state index in [1.165, 1.54) is 0 Å². The van der Waals surface area contributed by atoms with Gasteiger partial charge in [0, 0.05) is 36.1 Å². The molecule has 0 radical (unpaired) electrons. The maximum atomic E-state index is 12.5. The van der Waals surface area contributed by atoms with Crippen LogP contribution in [0.2, 0.25) is 0 Å². The lowest BCUT2D eigenvalue weighted by Gasteiger charge is -2.25. The minimum Gasteiger partial charge on any atom is -0.377 e.